The number of unbranched alkanes of at least 4 members (excludes halogenated alkanes) is 1. The molecule has 1 saturated heterocycles. The van der Waals surface area contributed by atoms with Crippen molar-refractivity contribution in [1.29, 1.82) is 0 Å². The predicted octanol–water partition coefficient (Wildman–Crippen LogP) is 5.31. The zero-order valence-electron chi connectivity index (χ0n) is 21.6. The van der Waals surface area contributed by atoms with Crippen LogP contribution < -0.4 is 10.6 Å². The lowest BCUT2D eigenvalue weighted by molar-refractivity contribution is -0.141. The Labute approximate surface area is 226 Å². The molecule has 3 aromatic rings. The Bertz CT molecular complexity index is 1280. The highest BCUT2D eigenvalue weighted by Crippen LogP contribution is 2.51. The molecule has 39 heavy (non-hydrogen) atoms. The van der Waals surface area contributed by atoms with E-state index in [0.717, 1.165) is 54.7 Å². The third-order valence-corrected chi connectivity index (χ3v) is 7.82. The van der Waals surface area contributed by atoms with E-state index in [9.17, 15) is 22.8 Å². The van der Waals surface area contributed by atoms with Gasteiger partial charge in [0.15, 0.2) is 0 Å². The summed E-state index contributed by atoms with van der Waals surface area (Å²) in [6, 6.07) is 24.3. The minimum Gasteiger partial charge on any atom is -0.348 e. The van der Waals surface area contributed by atoms with Gasteiger partial charge in [0, 0.05) is 24.7 Å². The topological polar surface area (TPSA) is 61.4 Å². The first-order valence-electron chi connectivity index (χ1n) is 13.4. The van der Waals surface area contributed by atoms with E-state index in [0.29, 0.717) is 18.4 Å². The monoisotopic (exact) mass is 535 g/mol. The van der Waals surface area contributed by atoms with Crippen molar-refractivity contribution < 1.29 is 22.8 Å². The molecular weight excluding hydrogens is 503 g/mol. The standard InChI is InChI=1S/C31H32F3N3O2/c32-31(33,34)21-35-29(39)30(26-14-6-4-12-24(26)25-13-5-7-15-27(25)30)17-8-9-18-37-19-16-23(20-37)36-28(38)22-10-2-1-3-11-22/h1-7,10-15,23H,8-9,16-21H2,(H,35,39)(H,36,38). The van der Waals surface area contributed by atoms with Gasteiger partial charge in [0.05, 0.1) is 0 Å². The Morgan fingerprint density at radius 3 is 2.13 bits per heavy atom. The normalized spacial score (nSPS) is 17.9. The molecule has 1 heterocycles. The number of carbonyl (C=O) groups is 2. The second-order valence-electron chi connectivity index (χ2n) is 10.4. The number of amides is 2. The first-order valence-corrected chi connectivity index (χ1v) is 13.4. The molecule has 0 bridgehead atoms. The molecule has 2 aliphatic rings. The van der Waals surface area contributed by atoms with Gasteiger partial charge in [-0.2, -0.15) is 13.2 Å². The smallest absolute Gasteiger partial charge is 0.348 e. The van der Waals surface area contributed by atoms with Gasteiger partial charge in [-0.3, -0.25) is 9.59 Å². The van der Waals surface area contributed by atoms with Gasteiger partial charge in [-0.05, 0) is 60.2 Å². The number of likely N-dealkylation sites (tertiary alicyclic amines) is 1. The number of hydrogen-bond donors (Lipinski definition) is 2. The molecule has 8 heteroatoms. The third kappa shape index (κ3) is 5.71. The average Bonchev–Trinajstić information content (AvgIpc) is 3.50. The second kappa shape index (κ2) is 11.2. The number of nitrogens with zero attached hydrogens (tertiary/aromatic N) is 1. The van der Waals surface area contributed by atoms with Gasteiger partial charge in [-0.25, -0.2) is 0 Å². The fourth-order valence-electron chi connectivity index (χ4n) is 6.02. The highest BCUT2D eigenvalue weighted by atomic mass is 19.4. The largest absolute Gasteiger partial charge is 0.405 e. The first-order chi connectivity index (χ1) is 18.8. The zero-order valence-corrected chi connectivity index (χ0v) is 21.6. The lowest BCUT2D eigenvalue weighted by Crippen LogP contribution is -2.47. The quantitative estimate of drug-likeness (QED) is 0.366. The van der Waals surface area contributed by atoms with E-state index in [4.69, 9.17) is 0 Å². The van der Waals surface area contributed by atoms with Crippen molar-refractivity contribution in [2.75, 3.05) is 26.2 Å². The van der Waals surface area contributed by atoms with E-state index < -0.39 is 24.0 Å². The average molecular weight is 536 g/mol. The highest BCUT2D eigenvalue weighted by molar-refractivity contribution is 6.00. The summed E-state index contributed by atoms with van der Waals surface area (Å²) in [5.41, 5.74) is 2.78. The van der Waals surface area contributed by atoms with E-state index in [1.807, 2.05) is 66.7 Å². The molecular formula is C31H32F3N3O2. The van der Waals surface area contributed by atoms with Crippen LogP contribution in [0.3, 0.4) is 0 Å². The number of hydrogen-bond acceptors (Lipinski definition) is 3. The molecule has 3 aromatic carbocycles. The fraction of sp³-hybridized carbons (Fsp3) is 0.355. The number of benzene rings is 3. The summed E-state index contributed by atoms with van der Waals surface area (Å²) >= 11 is 0. The van der Waals surface area contributed by atoms with Crippen molar-refractivity contribution in [1.82, 2.24) is 15.5 Å². The number of carbonyl (C=O) groups excluding carboxylic acids is 2. The number of fused-ring (bicyclic) bond motifs is 3. The molecule has 204 valence electrons. The van der Waals surface area contributed by atoms with Gasteiger partial charge in [-0.1, -0.05) is 73.2 Å². The Morgan fingerprint density at radius 2 is 1.49 bits per heavy atom. The first kappa shape index (κ1) is 26.9. The molecule has 0 saturated carbocycles. The number of alkyl halides is 3. The minimum absolute atomic E-state index is 0.0748. The Hall–Kier alpha value is -3.65. The predicted molar refractivity (Wildman–Crippen MR) is 144 cm³/mol. The van der Waals surface area contributed by atoms with Gasteiger partial charge in [-0.15, -0.1) is 0 Å². The summed E-state index contributed by atoms with van der Waals surface area (Å²) in [6.45, 7) is 1.05. The van der Waals surface area contributed by atoms with E-state index in [-0.39, 0.29) is 11.9 Å². The summed E-state index contributed by atoms with van der Waals surface area (Å²) in [7, 11) is 0. The summed E-state index contributed by atoms with van der Waals surface area (Å²) < 4.78 is 39.2. The molecule has 1 fully saturated rings. The lowest BCUT2D eigenvalue weighted by atomic mass is 9.73. The van der Waals surface area contributed by atoms with Crippen molar-refractivity contribution >= 4 is 11.8 Å². The van der Waals surface area contributed by atoms with Gasteiger partial charge in [0.2, 0.25) is 5.91 Å². The van der Waals surface area contributed by atoms with Crippen molar-refractivity contribution in [2.45, 2.75) is 43.3 Å². The van der Waals surface area contributed by atoms with Gasteiger partial charge in [0.1, 0.15) is 12.0 Å². The van der Waals surface area contributed by atoms with E-state index in [1.54, 1.807) is 12.1 Å². The van der Waals surface area contributed by atoms with E-state index in [1.165, 1.54) is 0 Å². The van der Waals surface area contributed by atoms with Crippen LogP contribution in [0.25, 0.3) is 11.1 Å². The number of halogens is 3. The van der Waals surface area contributed by atoms with Crippen molar-refractivity contribution in [3.8, 4) is 11.1 Å². The van der Waals surface area contributed by atoms with Crippen LogP contribution in [0.2, 0.25) is 0 Å². The third-order valence-electron chi connectivity index (χ3n) is 7.82. The minimum atomic E-state index is -4.49. The maximum atomic E-state index is 13.6. The fourth-order valence-corrected chi connectivity index (χ4v) is 6.02. The van der Waals surface area contributed by atoms with Gasteiger partial charge >= 0.3 is 6.18 Å². The summed E-state index contributed by atoms with van der Waals surface area (Å²) in [4.78, 5) is 28.4. The number of nitrogens with one attached hydrogen (secondary N) is 2. The van der Waals surface area contributed by atoms with Crippen LogP contribution in [-0.4, -0.2) is 55.1 Å². The van der Waals surface area contributed by atoms with E-state index in [2.05, 4.69) is 15.5 Å². The SMILES string of the molecule is O=C(NC1CCN(CCCCC2(C(=O)NCC(F)(F)F)c3ccccc3-c3ccccc32)C1)c1ccccc1. The maximum Gasteiger partial charge on any atom is 0.405 e. The Kier molecular flexibility index (Phi) is 7.75. The van der Waals surface area contributed by atoms with Gasteiger partial charge in [0.25, 0.3) is 5.91 Å². The summed E-state index contributed by atoms with van der Waals surface area (Å²) in [5, 5.41) is 5.30. The van der Waals surface area contributed by atoms with Crippen LogP contribution in [-0.2, 0) is 10.2 Å². The lowest BCUT2D eigenvalue weighted by Gasteiger charge is -2.31. The molecule has 5 rings (SSSR count). The van der Waals surface area contributed by atoms with Crippen LogP contribution in [0.5, 0.6) is 0 Å². The Balaban J connectivity index is 1.25. The van der Waals surface area contributed by atoms with Crippen LogP contribution >= 0.6 is 0 Å². The molecule has 2 N–H and O–H groups in total. The zero-order chi connectivity index (χ0) is 27.5. The molecule has 0 aromatic heterocycles. The summed E-state index contributed by atoms with van der Waals surface area (Å²) in [5.74, 6) is -0.685. The van der Waals surface area contributed by atoms with Crippen molar-refractivity contribution in [2.24, 2.45) is 0 Å². The van der Waals surface area contributed by atoms with Crippen LogP contribution in [0.4, 0.5) is 13.2 Å². The molecule has 5 nitrogen and oxygen atoms in total. The van der Waals surface area contributed by atoms with E-state index >= 15 is 0 Å². The molecule has 1 aliphatic carbocycles. The van der Waals surface area contributed by atoms with Crippen LogP contribution in [0.15, 0.2) is 78.9 Å². The molecule has 0 spiro atoms. The second-order valence-corrected chi connectivity index (χ2v) is 10.4. The molecule has 1 aliphatic heterocycles. The highest BCUT2D eigenvalue weighted by Gasteiger charge is 2.49. The van der Waals surface area contributed by atoms with Gasteiger partial charge < -0.3 is 15.5 Å². The van der Waals surface area contributed by atoms with Crippen molar-refractivity contribution in [3.05, 3.63) is 95.6 Å². The number of rotatable bonds is 9. The summed E-state index contributed by atoms with van der Waals surface area (Å²) in [6.07, 6.45) is -1.76. The van der Waals surface area contributed by atoms with Crippen molar-refractivity contribution in [3.63, 3.8) is 0 Å². The van der Waals surface area contributed by atoms with Crippen LogP contribution in [0.1, 0.15) is 47.2 Å². The maximum absolute atomic E-state index is 13.6. The Morgan fingerprint density at radius 1 is 0.872 bits per heavy atom. The molecule has 1 atom stereocenters. The molecule has 0 radical (unpaired) electrons. The van der Waals surface area contributed by atoms with Crippen LogP contribution in [0, 0.1) is 0 Å². The molecule has 2 amide bonds. The molecule has 1 unspecified atom stereocenters.